The highest BCUT2D eigenvalue weighted by molar-refractivity contribution is 7.86. The van der Waals surface area contributed by atoms with Crippen LogP contribution in [0.3, 0.4) is 0 Å². The molecular weight excluding hydrogens is 458 g/mol. The summed E-state index contributed by atoms with van der Waals surface area (Å²) in [6, 6.07) is 7.39. The molecule has 0 amide bonds. The lowest BCUT2D eigenvalue weighted by atomic mass is 10.2. The lowest BCUT2D eigenvalue weighted by Crippen LogP contribution is -2.44. The third-order valence-corrected chi connectivity index (χ3v) is 7.80. The molecule has 1 aliphatic heterocycles. The molecule has 2 heterocycles. The van der Waals surface area contributed by atoms with E-state index in [1.54, 1.807) is 22.6 Å². The minimum Gasteiger partial charge on any atom is -0.358 e. The van der Waals surface area contributed by atoms with Crippen molar-refractivity contribution in [3.05, 3.63) is 52.4 Å². The highest BCUT2D eigenvalue weighted by Crippen LogP contribution is 2.35. The van der Waals surface area contributed by atoms with E-state index in [1.807, 2.05) is 0 Å². The van der Waals surface area contributed by atoms with E-state index >= 15 is 0 Å². The fourth-order valence-electron chi connectivity index (χ4n) is 3.10. The van der Waals surface area contributed by atoms with Crippen LogP contribution in [0.15, 0.2) is 46.3 Å². The summed E-state index contributed by atoms with van der Waals surface area (Å²) in [6.07, 6.45) is 1.59. The Morgan fingerprint density at radius 1 is 1.07 bits per heavy atom. The van der Waals surface area contributed by atoms with E-state index in [2.05, 4.69) is 15.0 Å². The Hall–Kier alpha value is -1.49. The van der Waals surface area contributed by atoms with E-state index in [4.69, 9.17) is 23.2 Å². The van der Waals surface area contributed by atoms with E-state index in [0.717, 1.165) is 6.07 Å². The Morgan fingerprint density at radius 3 is 2.55 bits per heavy atom. The summed E-state index contributed by atoms with van der Waals surface area (Å²) < 4.78 is 44.5. The fraction of sp³-hybridized carbons (Fsp3) is 0.222. The van der Waals surface area contributed by atoms with Crippen LogP contribution in [0.5, 0.6) is 0 Å². The van der Waals surface area contributed by atoms with Gasteiger partial charge < -0.3 is 10.3 Å². The summed E-state index contributed by atoms with van der Waals surface area (Å²) in [6.45, 7) is 2.56. The van der Waals surface area contributed by atoms with Crippen LogP contribution in [-0.2, 0) is 22.0 Å². The molecule has 3 aromatic rings. The number of benzene rings is 2. The number of anilines is 1. The number of hydrogen-bond donors (Lipinski definition) is 3. The molecule has 1 aliphatic rings. The van der Waals surface area contributed by atoms with Crippen LogP contribution in [0.4, 0.5) is 10.1 Å². The van der Waals surface area contributed by atoms with Gasteiger partial charge in [-0.3, -0.25) is 4.72 Å². The van der Waals surface area contributed by atoms with Crippen molar-refractivity contribution >= 4 is 61.8 Å². The maximum absolute atomic E-state index is 14.6. The van der Waals surface area contributed by atoms with Crippen LogP contribution < -0.4 is 10.0 Å². The average Bonchev–Trinajstić information content (AvgIpc) is 3.13. The third-order valence-electron chi connectivity index (χ3n) is 4.56. The van der Waals surface area contributed by atoms with Crippen molar-refractivity contribution in [1.82, 2.24) is 14.6 Å². The average molecular weight is 475 g/mol. The topological polar surface area (TPSA) is 77.2 Å². The SMILES string of the molecule is O=S(Nc1ccc(Cl)c2c(Cl)c[nH]c12)c1ccc(S(=O)N2CCNCC2)c(F)c1. The molecule has 29 heavy (non-hydrogen) atoms. The highest BCUT2D eigenvalue weighted by atomic mass is 35.5. The van der Waals surface area contributed by atoms with Crippen LogP contribution in [-0.4, -0.2) is 43.9 Å². The van der Waals surface area contributed by atoms with Crippen molar-refractivity contribution in [1.29, 1.82) is 0 Å². The lowest BCUT2D eigenvalue weighted by molar-refractivity contribution is 0.379. The molecule has 11 heteroatoms. The second-order valence-corrected chi connectivity index (χ2v) is 9.85. The maximum atomic E-state index is 14.6. The number of halogens is 3. The van der Waals surface area contributed by atoms with Gasteiger partial charge in [0.2, 0.25) is 0 Å². The summed E-state index contributed by atoms with van der Waals surface area (Å²) in [4.78, 5) is 3.30. The fourth-order valence-corrected chi connectivity index (χ4v) is 5.75. The molecular formula is C18H17Cl2FN4O2S2. The molecule has 0 spiro atoms. The lowest BCUT2D eigenvalue weighted by Gasteiger charge is -2.26. The van der Waals surface area contributed by atoms with Gasteiger partial charge in [-0.05, 0) is 30.3 Å². The Kier molecular flexibility index (Phi) is 6.24. The van der Waals surface area contributed by atoms with Gasteiger partial charge in [-0.25, -0.2) is 17.1 Å². The van der Waals surface area contributed by atoms with Gasteiger partial charge in [-0.2, -0.15) is 0 Å². The first-order valence-corrected chi connectivity index (χ1v) is 11.8. The van der Waals surface area contributed by atoms with Gasteiger partial charge in [-0.15, -0.1) is 0 Å². The van der Waals surface area contributed by atoms with E-state index < -0.39 is 27.8 Å². The second kappa shape index (κ2) is 8.71. The zero-order valence-corrected chi connectivity index (χ0v) is 18.2. The maximum Gasteiger partial charge on any atom is 0.150 e. The van der Waals surface area contributed by atoms with Crippen LogP contribution in [0, 0.1) is 5.82 Å². The molecule has 1 saturated heterocycles. The standard InChI is InChI=1S/C18H17Cl2FN4O2S2/c19-12-2-3-15(18-17(12)13(20)10-23-18)24-28(26)11-1-4-16(14(21)9-11)29(27)25-7-5-22-6-8-25/h1-4,9-10,22-24H,5-8H2. The van der Waals surface area contributed by atoms with Gasteiger partial charge in [0.1, 0.15) is 27.8 Å². The van der Waals surface area contributed by atoms with Crippen molar-refractivity contribution in [2.45, 2.75) is 9.79 Å². The van der Waals surface area contributed by atoms with Gasteiger partial charge >= 0.3 is 0 Å². The van der Waals surface area contributed by atoms with E-state index in [1.165, 1.54) is 12.1 Å². The molecule has 2 unspecified atom stereocenters. The summed E-state index contributed by atoms with van der Waals surface area (Å²) in [5, 5.41) is 4.69. The molecule has 0 radical (unpaired) electrons. The quantitative estimate of drug-likeness (QED) is 0.527. The number of aromatic nitrogens is 1. The van der Waals surface area contributed by atoms with E-state index in [0.29, 0.717) is 52.8 Å². The predicted molar refractivity (Wildman–Crippen MR) is 116 cm³/mol. The van der Waals surface area contributed by atoms with Crippen molar-refractivity contribution in [3.8, 4) is 0 Å². The molecule has 2 atom stereocenters. The van der Waals surface area contributed by atoms with E-state index in [9.17, 15) is 12.8 Å². The summed E-state index contributed by atoms with van der Waals surface area (Å²) in [7, 11) is -3.34. The van der Waals surface area contributed by atoms with Crippen molar-refractivity contribution in [2.24, 2.45) is 0 Å². The monoisotopic (exact) mass is 474 g/mol. The van der Waals surface area contributed by atoms with Crippen molar-refractivity contribution < 1.29 is 12.8 Å². The van der Waals surface area contributed by atoms with Crippen LogP contribution in [0.2, 0.25) is 10.0 Å². The van der Waals surface area contributed by atoms with Crippen LogP contribution >= 0.6 is 23.2 Å². The van der Waals surface area contributed by atoms with Crippen LogP contribution in [0.25, 0.3) is 10.9 Å². The Morgan fingerprint density at radius 2 is 1.83 bits per heavy atom. The first-order chi connectivity index (χ1) is 14.0. The molecule has 0 bridgehead atoms. The van der Waals surface area contributed by atoms with Crippen LogP contribution in [0.1, 0.15) is 0 Å². The predicted octanol–water partition coefficient (Wildman–Crippen LogP) is 3.68. The van der Waals surface area contributed by atoms with Gasteiger partial charge in [-0.1, -0.05) is 23.2 Å². The molecule has 1 aromatic heterocycles. The van der Waals surface area contributed by atoms with Crippen molar-refractivity contribution in [2.75, 3.05) is 30.9 Å². The summed E-state index contributed by atoms with van der Waals surface area (Å²) in [5.41, 5.74) is 1.12. The van der Waals surface area contributed by atoms with E-state index in [-0.39, 0.29) is 9.79 Å². The first-order valence-electron chi connectivity index (χ1n) is 8.76. The number of nitrogens with one attached hydrogen (secondary N) is 3. The molecule has 4 rings (SSSR count). The number of H-pyrrole nitrogens is 1. The number of nitrogens with zero attached hydrogens (tertiary/aromatic N) is 1. The van der Waals surface area contributed by atoms with Gasteiger partial charge in [0, 0.05) is 37.8 Å². The molecule has 1 fully saturated rings. The largest absolute Gasteiger partial charge is 0.358 e. The molecule has 6 nitrogen and oxygen atoms in total. The Bertz CT molecular complexity index is 1120. The van der Waals surface area contributed by atoms with Gasteiger partial charge in [0.15, 0.2) is 0 Å². The third kappa shape index (κ3) is 4.21. The number of rotatable bonds is 5. The molecule has 0 aliphatic carbocycles. The molecule has 154 valence electrons. The zero-order chi connectivity index (χ0) is 20.5. The molecule has 3 N–H and O–H groups in total. The van der Waals surface area contributed by atoms with Crippen molar-refractivity contribution in [3.63, 3.8) is 0 Å². The van der Waals surface area contributed by atoms with Gasteiger partial charge in [0.25, 0.3) is 0 Å². The first kappa shape index (κ1) is 20.8. The van der Waals surface area contributed by atoms with Gasteiger partial charge in [0.05, 0.1) is 31.0 Å². The second-order valence-electron chi connectivity index (χ2n) is 6.37. The summed E-state index contributed by atoms with van der Waals surface area (Å²) in [5.74, 6) is -0.654. The molecule has 2 aromatic carbocycles. The number of aromatic amines is 1. The normalized spacial score (nSPS) is 17.3. The number of fused-ring (bicyclic) bond motifs is 1. The summed E-state index contributed by atoms with van der Waals surface area (Å²) >= 11 is 12.3. The minimum atomic E-state index is -1.74. The zero-order valence-electron chi connectivity index (χ0n) is 15.0. The molecule has 0 saturated carbocycles. The Labute approximate surface area is 181 Å². The minimum absolute atomic E-state index is 0.0812. The number of piperazine rings is 1. The number of hydrogen-bond acceptors (Lipinski definition) is 3. The smallest absolute Gasteiger partial charge is 0.150 e. The highest BCUT2D eigenvalue weighted by Gasteiger charge is 2.21. The Balaban J connectivity index is 1.56.